The first-order valence-corrected chi connectivity index (χ1v) is 6.29. The minimum absolute atomic E-state index is 0.220. The van der Waals surface area contributed by atoms with Crippen molar-refractivity contribution >= 4 is 5.69 Å². The van der Waals surface area contributed by atoms with E-state index in [2.05, 4.69) is 43.0 Å². The summed E-state index contributed by atoms with van der Waals surface area (Å²) in [5.74, 6) is 0.438. The normalized spacial score (nSPS) is 19.8. The van der Waals surface area contributed by atoms with Crippen molar-refractivity contribution in [1.82, 2.24) is 0 Å². The first-order valence-electron chi connectivity index (χ1n) is 6.29. The van der Waals surface area contributed by atoms with Crippen LogP contribution >= 0.6 is 0 Å². The van der Waals surface area contributed by atoms with E-state index in [1.54, 1.807) is 0 Å². The average molecular weight is 218 g/mol. The van der Waals surface area contributed by atoms with Gasteiger partial charge in [0.2, 0.25) is 0 Å². The van der Waals surface area contributed by atoms with Crippen LogP contribution in [0.4, 0.5) is 5.69 Å². The van der Waals surface area contributed by atoms with E-state index >= 15 is 0 Å². The van der Waals surface area contributed by atoms with Gasteiger partial charge in [0.15, 0.2) is 0 Å². The molecule has 1 saturated heterocycles. The van der Waals surface area contributed by atoms with Crippen molar-refractivity contribution in [3.05, 3.63) is 29.8 Å². The zero-order valence-electron chi connectivity index (χ0n) is 10.3. The zero-order valence-corrected chi connectivity index (χ0v) is 10.3. The summed E-state index contributed by atoms with van der Waals surface area (Å²) >= 11 is 0. The number of hydrogen-bond acceptors (Lipinski definition) is 2. The summed E-state index contributed by atoms with van der Waals surface area (Å²) in [7, 11) is 0. The summed E-state index contributed by atoms with van der Waals surface area (Å²) < 4.78 is 0. The Hall–Kier alpha value is -1.02. The van der Waals surface area contributed by atoms with E-state index in [-0.39, 0.29) is 6.04 Å². The fourth-order valence-corrected chi connectivity index (χ4v) is 2.27. The van der Waals surface area contributed by atoms with Gasteiger partial charge in [0.1, 0.15) is 0 Å². The molecule has 16 heavy (non-hydrogen) atoms. The van der Waals surface area contributed by atoms with Gasteiger partial charge in [-0.1, -0.05) is 19.1 Å². The van der Waals surface area contributed by atoms with Crippen LogP contribution < -0.4 is 10.6 Å². The van der Waals surface area contributed by atoms with Crippen molar-refractivity contribution in [2.45, 2.75) is 38.6 Å². The molecule has 0 bridgehead atoms. The van der Waals surface area contributed by atoms with Gasteiger partial charge in [0.25, 0.3) is 0 Å². The summed E-state index contributed by atoms with van der Waals surface area (Å²) in [5.41, 5.74) is 8.62. The Morgan fingerprint density at radius 2 is 1.62 bits per heavy atom. The van der Waals surface area contributed by atoms with E-state index < -0.39 is 0 Å². The van der Waals surface area contributed by atoms with Crippen LogP contribution in [0.25, 0.3) is 0 Å². The third kappa shape index (κ3) is 2.38. The average Bonchev–Trinajstić information content (AvgIpc) is 2.81. The first kappa shape index (κ1) is 11.5. The SMILES string of the molecule is CC(N)C(C)c1ccc(N2CCCC2)cc1. The smallest absolute Gasteiger partial charge is 0.0366 e. The molecule has 1 aliphatic heterocycles. The monoisotopic (exact) mass is 218 g/mol. The Morgan fingerprint density at radius 3 is 2.12 bits per heavy atom. The predicted molar refractivity (Wildman–Crippen MR) is 70.0 cm³/mol. The van der Waals surface area contributed by atoms with E-state index in [1.807, 2.05) is 0 Å². The lowest BCUT2D eigenvalue weighted by atomic mass is 9.95. The maximum absolute atomic E-state index is 5.92. The van der Waals surface area contributed by atoms with Crippen molar-refractivity contribution in [3.63, 3.8) is 0 Å². The quantitative estimate of drug-likeness (QED) is 0.845. The largest absolute Gasteiger partial charge is 0.372 e. The van der Waals surface area contributed by atoms with Gasteiger partial charge in [-0.25, -0.2) is 0 Å². The molecule has 2 N–H and O–H groups in total. The second-order valence-electron chi connectivity index (χ2n) is 4.93. The highest BCUT2D eigenvalue weighted by Gasteiger charge is 2.13. The Bertz CT molecular complexity index is 302. The van der Waals surface area contributed by atoms with E-state index in [4.69, 9.17) is 5.73 Å². The third-order valence-corrected chi connectivity index (χ3v) is 3.68. The molecule has 0 aromatic heterocycles. The van der Waals surface area contributed by atoms with Gasteiger partial charge in [-0.3, -0.25) is 0 Å². The van der Waals surface area contributed by atoms with Gasteiger partial charge in [-0.15, -0.1) is 0 Å². The summed E-state index contributed by atoms with van der Waals surface area (Å²) in [6.45, 7) is 6.68. The molecule has 2 heteroatoms. The van der Waals surface area contributed by atoms with Crippen LogP contribution in [0, 0.1) is 0 Å². The van der Waals surface area contributed by atoms with E-state index in [0.29, 0.717) is 5.92 Å². The lowest BCUT2D eigenvalue weighted by molar-refractivity contribution is 0.613. The molecular weight excluding hydrogens is 196 g/mol. The number of nitrogens with zero attached hydrogens (tertiary/aromatic N) is 1. The third-order valence-electron chi connectivity index (χ3n) is 3.68. The molecule has 1 heterocycles. The number of benzene rings is 1. The molecule has 2 atom stereocenters. The highest BCUT2D eigenvalue weighted by molar-refractivity contribution is 5.48. The Morgan fingerprint density at radius 1 is 1.06 bits per heavy atom. The van der Waals surface area contributed by atoms with Gasteiger partial charge in [0.05, 0.1) is 0 Å². The van der Waals surface area contributed by atoms with Crippen LogP contribution in [-0.4, -0.2) is 19.1 Å². The molecule has 2 nitrogen and oxygen atoms in total. The number of nitrogens with two attached hydrogens (primary N) is 1. The molecule has 1 fully saturated rings. The molecule has 0 aliphatic carbocycles. The standard InChI is InChI=1S/C14H22N2/c1-11(12(2)15)13-5-7-14(8-6-13)16-9-3-4-10-16/h5-8,11-12H,3-4,9-10,15H2,1-2H3. The Kier molecular flexibility index (Phi) is 3.49. The molecular formula is C14H22N2. The van der Waals surface area contributed by atoms with Crippen molar-refractivity contribution in [1.29, 1.82) is 0 Å². The number of hydrogen-bond donors (Lipinski definition) is 1. The van der Waals surface area contributed by atoms with Crippen LogP contribution in [0.1, 0.15) is 38.2 Å². The second-order valence-corrected chi connectivity index (χ2v) is 4.93. The van der Waals surface area contributed by atoms with Crippen LogP contribution in [0.3, 0.4) is 0 Å². The predicted octanol–water partition coefficient (Wildman–Crippen LogP) is 2.74. The minimum Gasteiger partial charge on any atom is -0.372 e. The molecule has 88 valence electrons. The van der Waals surface area contributed by atoms with Crippen molar-refractivity contribution < 1.29 is 0 Å². The Labute approximate surface area is 98.4 Å². The molecule has 2 unspecified atom stereocenters. The summed E-state index contributed by atoms with van der Waals surface area (Å²) in [4.78, 5) is 2.46. The molecule has 1 aromatic rings. The molecule has 1 aliphatic rings. The van der Waals surface area contributed by atoms with Crippen molar-refractivity contribution in [2.24, 2.45) is 5.73 Å². The maximum Gasteiger partial charge on any atom is 0.0366 e. The molecule has 2 rings (SSSR count). The zero-order chi connectivity index (χ0) is 11.5. The minimum atomic E-state index is 0.220. The summed E-state index contributed by atoms with van der Waals surface area (Å²) in [6, 6.07) is 9.14. The molecule has 0 spiro atoms. The first-order chi connectivity index (χ1) is 7.68. The second kappa shape index (κ2) is 4.88. The molecule has 1 aromatic carbocycles. The van der Waals surface area contributed by atoms with Gasteiger partial charge >= 0.3 is 0 Å². The molecule has 0 saturated carbocycles. The van der Waals surface area contributed by atoms with Crippen molar-refractivity contribution in [3.8, 4) is 0 Å². The van der Waals surface area contributed by atoms with Crippen LogP contribution in [-0.2, 0) is 0 Å². The number of rotatable bonds is 3. The molecule has 0 radical (unpaired) electrons. The van der Waals surface area contributed by atoms with Crippen molar-refractivity contribution in [2.75, 3.05) is 18.0 Å². The lowest BCUT2D eigenvalue weighted by Crippen LogP contribution is -2.22. The summed E-state index contributed by atoms with van der Waals surface area (Å²) in [6.07, 6.45) is 2.66. The van der Waals surface area contributed by atoms with Crippen LogP contribution in [0.5, 0.6) is 0 Å². The Balaban J connectivity index is 2.09. The van der Waals surface area contributed by atoms with Gasteiger partial charge < -0.3 is 10.6 Å². The highest BCUT2D eigenvalue weighted by atomic mass is 15.1. The van der Waals surface area contributed by atoms with E-state index in [1.165, 1.54) is 37.2 Å². The van der Waals surface area contributed by atoms with Crippen LogP contribution in [0.2, 0.25) is 0 Å². The lowest BCUT2D eigenvalue weighted by Gasteiger charge is -2.20. The van der Waals surface area contributed by atoms with Gasteiger partial charge in [0, 0.05) is 24.8 Å². The van der Waals surface area contributed by atoms with E-state index in [9.17, 15) is 0 Å². The highest BCUT2D eigenvalue weighted by Crippen LogP contribution is 2.24. The summed E-state index contributed by atoms with van der Waals surface area (Å²) in [5, 5.41) is 0. The fraction of sp³-hybridized carbons (Fsp3) is 0.571. The van der Waals surface area contributed by atoms with Crippen LogP contribution in [0.15, 0.2) is 24.3 Å². The van der Waals surface area contributed by atoms with Gasteiger partial charge in [-0.05, 0) is 43.4 Å². The number of anilines is 1. The topological polar surface area (TPSA) is 29.3 Å². The fourth-order valence-electron chi connectivity index (χ4n) is 2.27. The van der Waals surface area contributed by atoms with Gasteiger partial charge in [-0.2, -0.15) is 0 Å². The maximum atomic E-state index is 5.92. The van der Waals surface area contributed by atoms with E-state index in [0.717, 1.165) is 0 Å². The molecule has 0 amide bonds.